The Morgan fingerprint density at radius 1 is 0.548 bits per heavy atom. The van der Waals surface area contributed by atoms with E-state index >= 15 is 0 Å². The first kappa shape index (κ1) is 50.4. The Balaban J connectivity index is 0.000000252. The van der Waals surface area contributed by atoms with Crippen molar-refractivity contribution in [1.29, 1.82) is 0 Å². The van der Waals surface area contributed by atoms with Crippen molar-refractivity contribution < 1.29 is 75.4 Å². The number of hydrogen-bond acceptors (Lipinski definition) is 0. The fourth-order valence-corrected chi connectivity index (χ4v) is 8.08. The van der Waals surface area contributed by atoms with Crippen LogP contribution in [0.3, 0.4) is 0 Å². The molecule has 0 saturated heterocycles. The fourth-order valence-electron chi connectivity index (χ4n) is 7.26. The van der Waals surface area contributed by atoms with E-state index in [1.54, 1.807) is 0 Å². The summed E-state index contributed by atoms with van der Waals surface area (Å²) in [6.07, 6.45) is 2.13. The van der Waals surface area contributed by atoms with Crippen molar-refractivity contribution in [2.45, 2.75) is 77.6 Å². The van der Waals surface area contributed by atoms with E-state index in [0.717, 1.165) is 61.3 Å². The van der Waals surface area contributed by atoms with Gasteiger partial charge in [0.15, 0.2) is 0 Å². The summed E-state index contributed by atoms with van der Waals surface area (Å²) in [6, 6.07) is 42.0. The van der Waals surface area contributed by atoms with Gasteiger partial charge in [0.25, 0.3) is 0 Å². The predicted octanol–water partition coefficient (Wildman–Crippen LogP) is 9.14. The molecule has 0 N–H and O–H groups in total. The standard InChI is InChI=1S/C33H33.C15H8F6.C5H5.2ClH.Zr/c1-32(2,3)30-20-26-24(18-28(30)22-13-9-7-10-14-22)17-25-19-29(23-15-11-8-12-16-23)31(21-27(25)26)33(4,5)6;16-14(17,18)12-5-1-10(2-6-12)9-11-3-7-13(8-4-11)15(19,20)21;1-2-4-5-3-1;;;/h7-16,18,20-21H,17H2,1-6H3;1-8H;1-3H,4H2;2*1H;/q-1;;-1;;;+2/p-2. The summed E-state index contributed by atoms with van der Waals surface area (Å²) in [7, 11) is 0. The summed E-state index contributed by atoms with van der Waals surface area (Å²) in [4.78, 5) is 0. The molecule has 6 aromatic rings. The average molecular weight is 959 g/mol. The molecule has 0 radical (unpaired) electrons. The first-order chi connectivity index (χ1) is 28.2. The third kappa shape index (κ3) is 12.2. The van der Waals surface area contributed by atoms with Gasteiger partial charge in [0.1, 0.15) is 0 Å². The molecule has 0 aliphatic heterocycles. The van der Waals surface area contributed by atoms with Gasteiger partial charge in [0.05, 0.1) is 0 Å². The Morgan fingerprint density at radius 3 is 1.42 bits per heavy atom. The summed E-state index contributed by atoms with van der Waals surface area (Å²) in [5, 5.41) is 0. The van der Waals surface area contributed by atoms with Gasteiger partial charge in [-0.25, -0.2) is 12.2 Å². The summed E-state index contributed by atoms with van der Waals surface area (Å²) in [5.74, 6) is 0. The number of rotatable bonds is 4. The average Bonchev–Trinajstić information content (AvgIpc) is 3.91. The van der Waals surface area contributed by atoms with E-state index in [1.165, 1.54) is 79.9 Å². The van der Waals surface area contributed by atoms with Crippen molar-refractivity contribution in [2.24, 2.45) is 0 Å². The largest absolute Gasteiger partial charge is 1.00 e. The van der Waals surface area contributed by atoms with Gasteiger partial charge in [-0.05, 0) is 39.5 Å². The molecule has 2 aliphatic carbocycles. The molecule has 2 aliphatic rings. The van der Waals surface area contributed by atoms with Crippen LogP contribution in [0.25, 0.3) is 33.4 Å². The minimum atomic E-state index is -4.41. The van der Waals surface area contributed by atoms with Gasteiger partial charge in [0.2, 0.25) is 0 Å². The minimum Gasteiger partial charge on any atom is -1.00 e. The Kier molecular flexibility index (Phi) is 16.6. The van der Waals surface area contributed by atoms with Crippen LogP contribution in [0, 0.1) is 12.1 Å². The summed E-state index contributed by atoms with van der Waals surface area (Å²) < 4.78 is 75.6. The zero-order chi connectivity index (χ0) is 43.5. The topological polar surface area (TPSA) is 0 Å². The second-order valence-corrected chi connectivity index (χ2v) is 18.2. The summed E-state index contributed by atoms with van der Waals surface area (Å²) in [5.41, 5.74) is 13.1. The van der Waals surface area contributed by atoms with E-state index in [1.807, 2.05) is 12.2 Å². The van der Waals surface area contributed by atoms with Crippen LogP contribution in [0.4, 0.5) is 26.3 Å². The van der Waals surface area contributed by atoms with Crippen LogP contribution in [0.2, 0.25) is 0 Å². The van der Waals surface area contributed by atoms with Gasteiger partial charge in [-0.3, -0.25) is 6.08 Å². The van der Waals surface area contributed by atoms with Gasteiger partial charge in [-0.15, -0.1) is 35.2 Å². The van der Waals surface area contributed by atoms with Crippen molar-refractivity contribution >= 4 is 3.21 Å². The first-order valence-corrected chi connectivity index (χ1v) is 21.0. The monoisotopic (exact) mass is 956 g/mol. The number of benzene rings is 6. The molecule has 0 heterocycles. The van der Waals surface area contributed by atoms with Crippen molar-refractivity contribution in [3.8, 4) is 33.4 Å². The van der Waals surface area contributed by atoms with Crippen LogP contribution in [0.5, 0.6) is 0 Å². The Morgan fingerprint density at radius 2 is 1.02 bits per heavy atom. The fraction of sp³-hybridized carbons (Fsp3) is 0.226. The van der Waals surface area contributed by atoms with E-state index in [-0.39, 0.29) is 35.6 Å². The Labute approximate surface area is 389 Å². The normalized spacial score (nSPS) is 12.7. The maximum atomic E-state index is 12.5. The zero-order valence-corrected chi connectivity index (χ0v) is 39.3. The number of alkyl halides is 6. The minimum absolute atomic E-state index is 0. The van der Waals surface area contributed by atoms with Gasteiger partial charge >= 0.3 is 137 Å². The summed E-state index contributed by atoms with van der Waals surface area (Å²) in [6.45, 7) is 13.9. The molecule has 9 heteroatoms. The molecule has 8 rings (SSSR count). The van der Waals surface area contributed by atoms with E-state index in [2.05, 4.69) is 139 Å². The molecular formula is C53H46Cl2F6Zr-2. The quantitative estimate of drug-likeness (QED) is 0.122. The van der Waals surface area contributed by atoms with Crippen molar-refractivity contribution in [3.63, 3.8) is 0 Å². The number of allylic oxidation sites excluding steroid dienone is 4. The van der Waals surface area contributed by atoms with Crippen LogP contribution in [-0.2, 0) is 53.8 Å². The molecule has 0 aromatic heterocycles. The molecule has 0 bridgehead atoms. The van der Waals surface area contributed by atoms with Crippen LogP contribution >= 0.6 is 0 Å². The predicted molar refractivity (Wildman–Crippen MR) is 229 cm³/mol. The van der Waals surface area contributed by atoms with Gasteiger partial charge in [-0.1, -0.05) is 131 Å². The van der Waals surface area contributed by atoms with Crippen LogP contribution in [0.15, 0.2) is 146 Å². The molecular weight excluding hydrogens is 913 g/mol. The second-order valence-electron chi connectivity index (χ2n) is 16.9. The smallest absolute Gasteiger partial charge is 0.109 e. The van der Waals surface area contributed by atoms with E-state index in [0.29, 0.717) is 14.3 Å². The first-order valence-electron chi connectivity index (χ1n) is 19.8. The molecule has 0 fully saturated rings. The number of hydrogen-bond donors (Lipinski definition) is 0. The second kappa shape index (κ2) is 20.5. The molecule has 6 aromatic carbocycles. The van der Waals surface area contributed by atoms with Crippen LogP contribution < -0.4 is 24.8 Å². The summed E-state index contributed by atoms with van der Waals surface area (Å²) >= 11 is 0.898. The maximum Gasteiger partial charge on any atom is -0.109 e. The van der Waals surface area contributed by atoms with Gasteiger partial charge < -0.3 is 24.8 Å². The zero-order valence-electron chi connectivity index (χ0n) is 35.3. The molecule has 0 spiro atoms. The molecule has 0 atom stereocenters. The number of halogens is 8. The van der Waals surface area contributed by atoms with Crippen LogP contribution in [0.1, 0.15) is 92.5 Å². The Bertz CT molecular complexity index is 2330. The van der Waals surface area contributed by atoms with E-state index in [4.69, 9.17) is 0 Å². The molecule has 320 valence electrons. The molecule has 0 unspecified atom stereocenters. The van der Waals surface area contributed by atoms with Crippen molar-refractivity contribution in [1.82, 2.24) is 0 Å². The number of fused-ring (bicyclic) bond motifs is 3. The van der Waals surface area contributed by atoms with Gasteiger partial charge in [-0.2, -0.15) is 6.08 Å². The maximum absolute atomic E-state index is 12.5. The van der Waals surface area contributed by atoms with Crippen molar-refractivity contribution in [2.75, 3.05) is 0 Å². The SMILES string of the molecule is CC(C)(C)c1cc2c([c-]c1-c1ccccc1)Cc1cc(-c3ccccc3)c(C(C)(C)C)cc1-2.FC(F)(F)c1ccc([C](=[Zr+2])c2ccc(C(F)(F)F)cc2)cc1.[C-]1=CC=CC1.[Cl-].[Cl-]. The van der Waals surface area contributed by atoms with E-state index in [9.17, 15) is 26.3 Å². The third-order valence-electron chi connectivity index (χ3n) is 10.4. The molecule has 0 amide bonds. The Hall–Kier alpha value is -4.29. The van der Waals surface area contributed by atoms with Crippen LogP contribution in [-0.4, -0.2) is 3.21 Å². The van der Waals surface area contributed by atoms with E-state index < -0.39 is 23.5 Å². The molecule has 0 saturated carbocycles. The third-order valence-corrected chi connectivity index (χ3v) is 11.8. The van der Waals surface area contributed by atoms with Crippen molar-refractivity contribution in [3.05, 3.63) is 202 Å². The molecule has 0 nitrogen and oxygen atoms in total. The van der Waals surface area contributed by atoms with Gasteiger partial charge in [0, 0.05) is 0 Å². The molecule has 62 heavy (non-hydrogen) atoms.